The van der Waals surface area contributed by atoms with Crippen LogP contribution >= 0.6 is 0 Å². The predicted octanol–water partition coefficient (Wildman–Crippen LogP) is 4.23. The fourth-order valence-corrected chi connectivity index (χ4v) is 1.53. The normalized spacial score (nSPS) is 37.8. The van der Waals surface area contributed by atoms with Crippen LogP contribution in [-0.4, -0.2) is 35.7 Å². The Morgan fingerprint density at radius 1 is 0.750 bits per heavy atom. The third-order valence-corrected chi connectivity index (χ3v) is 2.60. The lowest BCUT2D eigenvalue weighted by Crippen LogP contribution is -2.74. The highest BCUT2D eigenvalue weighted by atomic mass is 19.4. The van der Waals surface area contributed by atoms with Crippen LogP contribution in [0, 0.1) is 0 Å². The molecule has 0 spiro atoms. The topological polar surface area (TPSA) is 9.23 Å². The minimum Gasteiger partial charge on any atom is -0.287 e. The number of hydrogen-bond acceptors (Lipinski definition) is 1. The highest BCUT2D eigenvalue weighted by Gasteiger charge is 2.87. The molecular formula is C8H5F11O. The summed E-state index contributed by atoms with van der Waals surface area (Å²) in [6.07, 6.45) is -10.1. The van der Waals surface area contributed by atoms with Gasteiger partial charge in [-0.1, -0.05) is 0 Å². The van der Waals surface area contributed by atoms with Crippen LogP contribution in [-0.2, 0) is 4.74 Å². The van der Waals surface area contributed by atoms with E-state index >= 15 is 0 Å². The fraction of sp³-hybridized carbons (Fsp3) is 1.00. The zero-order valence-corrected chi connectivity index (χ0v) is 9.27. The van der Waals surface area contributed by atoms with Crippen LogP contribution in [0.5, 0.6) is 0 Å². The zero-order valence-electron chi connectivity index (χ0n) is 9.27. The van der Waals surface area contributed by atoms with Crippen LogP contribution < -0.4 is 0 Å². The van der Waals surface area contributed by atoms with E-state index in [0.29, 0.717) is 0 Å². The lowest BCUT2D eigenvalue weighted by Gasteiger charge is -2.49. The van der Waals surface area contributed by atoms with Crippen molar-refractivity contribution in [2.45, 2.75) is 49.0 Å². The average molecular weight is 326 g/mol. The molecule has 0 amide bonds. The van der Waals surface area contributed by atoms with Gasteiger partial charge in [-0.15, -0.1) is 0 Å². The summed E-state index contributed by atoms with van der Waals surface area (Å²) < 4.78 is 143. The molecule has 1 saturated heterocycles. The van der Waals surface area contributed by atoms with Gasteiger partial charge in [-0.3, -0.25) is 4.74 Å². The number of alkyl halides is 11. The first-order valence-corrected chi connectivity index (χ1v) is 4.69. The second kappa shape index (κ2) is 3.89. The van der Waals surface area contributed by atoms with E-state index < -0.39 is 49.0 Å². The first-order valence-electron chi connectivity index (χ1n) is 4.69. The van der Waals surface area contributed by atoms with Crippen molar-refractivity contribution >= 4 is 0 Å². The Morgan fingerprint density at radius 2 is 1.10 bits per heavy atom. The van der Waals surface area contributed by atoms with Crippen LogP contribution in [0.1, 0.15) is 13.3 Å². The number of ether oxygens (including phenoxy) is 1. The molecule has 0 aromatic rings. The molecule has 1 heterocycles. The van der Waals surface area contributed by atoms with Gasteiger partial charge < -0.3 is 0 Å². The molecule has 2 unspecified atom stereocenters. The summed E-state index contributed by atoms with van der Waals surface area (Å²) in [6, 6.07) is 0. The molecule has 12 heteroatoms. The molecule has 0 aliphatic carbocycles. The molecule has 0 N–H and O–H groups in total. The Morgan fingerprint density at radius 3 is 1.40 bits per heavy atom. The first-order chi connectivity index (χ1) is 8.41. The molecule has 0 bridgehead atoms. The summed E-state index contributed by atoms with van der Waals surface area (Å²) in [5.41, 5.74) is 0. The zero-order chi connectivity index (χ0) is 16.4. The molecule has 0 saturated carbocycles. The van der Waals surface area contributed by atoms with Crippen LogP contribution in [0.25, 0.3) is 0 Å². The van der Waals surface area contributed by atoms with Crippen molar-refractivity contribution < 1.29 is 53.0 Å². The first kappa shape index (κ1) is 17.2. The SMILES string of the molecule is CC(F)(F)C1(F)OC(F)(C(F)(F)F)C(F)(F)CC1(F)F. The molecule has 1 fully saturated rings. The Kier molecular flexibility index (Phi) is 3.35. The highest BCUT2D eigenvalue weighted by Crippen LogP contribution is 2.62. The summed E-state index contributed by atoms with van der Waals surface area (Å²) in [5, 5.41) is 0. The van der Waals surface area contributed by atoms with Gasteiger partial charge >= 0.3 is 35.7 Å². The molecule has 0 aromatic heterocycles. The molecule has 20 heavy (non-hydrogen) atoms. The van der Waals surface area contributed by atoms with Crippen molar-refractivity contribution in [2.24, 2.45) is 0 Å². The Hall–Kier alpha value is -0.810. The van der Waals surface area contributed by atoms with E-state index in [0.717, 1.165) is 0 Å². The van der Waals surface area contributed by atoms with Gasteiger partial charge in [-0.25, -0.2) is 8.78 Å². The van der Waals surface area contributed by atoms with E-state index in [1.165, 1.54) is 0 Å². The van der Waals surface area contributed by atoms with Gasteiger partial charge in [-0.2, -0.15) is 39.5 Å². The highest BCUT2D eigenvalue weighted by molar-refractivity contribution is 5.09. The quantitative estimate of drug-likeness (QED) is 0.656. The van der Waals surface area contributed by atoms with E-state index in [1.54, 1.807) is 0 Å². The van der Waals surface area contributed by atoms with Gasteiger partial charge in [0.2, 0.25) is 0 Å². The van der Waals surface area contributed by atoms with Crippen LogP contribution in [0.3, 0.4) is 0 Å². The van der Waals surface area contributed by atoms with Crippen molar-refractivity contribution in [1.82, 2.24) is 0 Å². The number of rotatable bonds is 1. The minimum atomic E-state index is -6.71. The van der Waals surface area contributed by atoms with E-state index in [2.05, 4.69) is 4.74 Å². The third-order valence-electron chi connectivity index (χ3n) is 2.60. The lowest BCUT2D eigenvalue weighted by molar-refractivity contribution is -0.518. The Balaban J connectivity index is 3.49. The summed E-state index contributed by atoms with van der Waals surface area (Å²) in [5.74, 6) is -29.3. The monoisotopic (exact) mass is 326 g/mol. The molecular weight excluding hydrogens is 321 g/mol. The standard InChI is InChI=1S/C8H5F11O/c1-3(9,10)6(15)4(11,12)2-5(13,14)7(16,20-6)8(17,18)19/h2H2,1H3. The van der Waals surface area contributed by atoms with Crippen LogP contribution in [0.15, 0.2) is 0 Å². The molecule has 1 aliphatic rings. The molecule has 0 aromatic carbocycles. The number of hydrogen-bond donors (Lipinski definition) is 0. The van der Waals surface area contributed by atoms with E-state index in [-0.39, 0.29) is 0 Å². The third kappa shape index (κ3) is 2.02. The summed E-state index contributed by atoms with van der Waals surface area (Å²) in [6.45, 7) is -0.652. The molecule has 120 valence electrons. The maximum absolute atomic E-state index is 13.4. The Labute approximate surface area is 103 Å². The van der Waals surface area contributed by atoms with Gasteiger partial charge in [0.15, 0.2) is 0 Å². The van der Waals surface area contributed by atoms with Crippen LogP contribution in [0.2, 0.25) is 0 Å². The maximum atomic E-state index is 13.4. The fourth-order valence-electron chi connectivity index (χ4n) is 1.53. The molecule has 1 nitrogen and oxygen atoms in total. The molecule has 2 atom stereocenters. The average Bonchev–Trinajstić information content (AvgIpc) is 2.09. The van der Waals surface area contributed by atoms with E-state index in [4.69, 9.17) is 0 Å². The maximum Gasteiger partial charge on any atom is 0.455 e. The second-order valence-corrected chi connectivity index (χ2v) is 4.26. The predicted molar refractivity (Wildman–Crippen MR) is 40.0 cm³/mol. The molecule has 1 aliphatic heterocycles. The van der Waals surface area contributed by atoms with Crippen molar-refractivity contribution in [3.63, 3.8) is 0 Å². The number of halogens is 11. The molecule has 1 rings (SSSR count). The smallest absolute Gasteiger partial charge is 0.287 e. The summed E-state index contributed by atoms with van der Waals surface area (Å²) >= 11 is 0. The molecule has 0 radical (unpaired) electrons. The van der Waals surface area contributed by atoms with Crippen molar-refractivity contribution in [3.05, 3.63) is 0 Å². The van der Waals surface area contributed by atoms with Crippen molar-refractivity contribution in [1.29, 1.82) is 0 Å². The van der Waals surface area contributed by atoms with E-state index in [1.807, 2.05) is 0 Å². The second-order valence-electron chi connectivity index (χ2n) is 4.26. The largest absolute Gasteiger partial charge is 0.455 e. The summed E-state index contributed by atoms with van der Waals surface area (Å²) in [4.78, 5) is 0. The van der Waals surface area contributed by atoms with Gasteiger partial charge in [-0.05, 0) is 0 Å². The Bertz CT molecular complexity index is 360. The minimum absolute atomic E-state index is 0.652. The van der Waals surface area contributed by atoms with E-state index in [9.17, 15) is 48.3 Å². The van der Waals surface area contributed by atoms with Gasteiger partial charge in [0.1, 0.15) is 0 Å². The van der Waals surface area contributed by atoms with Crippen molar-refractivity contribution in [3.8, 4) is 0 Å². The van der Waals surface area contributed by atoms with Gasteiger partial charge in [0.05, 0.1) is 6.42 Å². The lowest BCUT2D eigenvalue weighted by atomic mass is 9.89. The van der Waals surface area contributed by atoms with Gasteiger partial charge in [0.25, 0.3) is 0 Å². The van der Waals surface area contributed by atoms with Crippen LogP contribution in [0.4, 0.5) is 48.3 Å². The van der Waals surface area contributed by atoms with Gasteiger partial charge in [0, 0.05) is 6.92 Å². The summed E-state index contributed by atoms with van der Waals surface area (Å²) in [7, 11) is 0. The van der Waals surface area contributed by atoms with Crippen molar-refractivity contribution in [2.75, 3.05) is 0 Å².